The zero-order chi connectivity index (χ0) is 33.9. The number of aliphatic imine (C=N–C) groups is 1. The zero-order valence-corrected chi connectivity index (χ0v) is 24.7. The average Bonchev–Trinajstić information content (AvgIpc) is 3.61. The maximum atomic E-state index is 15.0. The van der Waals surface area contributed by atoms with Crippen LogP contribution in [-0.2, 0) is 16.1 Å². The van der Waals surface area contributed by atoms with Gasteiger partial charge in [0.1, 0.15) is 24.5 Å². The van der Waals surface area contributed by atoms with Crippen LogP contribution in [0.2, 0.25) is 0 Å². The Kier molecular flexibility index (Phi) is 9.53. The van der Waals surface area contributed by atoms with Gasteiger partial charge in [0.05, 0.1) is 29.4 Å². The third kappa shape index (κ3) is 8.44. The monoisotopic (exact) mass is 682 g/mol. The molecule has 1 aromatic heterocycles. The number of benzene rings is 3. The highest BCUT2D eigenvalue weighted by Crippen LogP contribution is 2.33. The maximum absolute atomic E-state index is 15.0. The zero-order valence-electron chi connectivity index (χ0n) is 23.9. The van der Waals surface area contributed by atoms with Crippen LogP contribution in [-0.4, -0.2) is 56.8 Å². The van der Waals surface area contributed by atoms with Crippen molar-refractivity contribution in [3.8, 4) is 22.8 Å². The number of rotatable bonds is 8. The molecule has 0 atom stereocenters. The van der Waals surface area contributed by atoms with Crippen molar-refractivity contribution in [1.82, 2.24) is 14.8 Å². The lowest BCUT2D eigenvalue weighted by atomic mass is 10.1. The highest BCUT2D eigenvalue weighted by Gasteiger charge is 2.33. The number of aryl methyl sites for hydroxylation is 1. The molecule has 3 aromatic carbocycles. The quantitative estimate of drug-likeness (QED) is 0.199. The van der Waals surface area contributed by atoms with Gasteiger partial charge in [-0.2, -0.15) is 18.2 Å². The normalized spacial score (nSPS) is 14.6. The first-order valence-corrected chi connectivity index (χ1v) is 14.3. The molecule has 5 rings (SSSR count). The van der Waals surface area contributed by atoms with Gasteiger partial charge in [0.2, 0.25) is 5.91 Å². The second-order valence-corrected chi connectivity index (χ2v) is 10.7. The van der Waals surface area contributed by atoms with Gasteiger partial charge in [-0.25, -0.2) is 18.9 Å². The minimum atomic E-state index is -4.84. The van der Waals surface area contributed by atoms with Crippen LogP contribution < -0.4 is 15.0 Å². The van der Waals surface area contributed by atoms with Crippen LogP contribution in [0, 0.1) is 12.7 Å². The van der Waals surface area contributed by atoms with Crippen LogP contribution in [0.3, 0.4) is 0 Å². The lowest BCUT2D eigenvalue weighted by Gasteiger charge is -2.21. The first kappa shape index (κ1) is 33.4. The van der Waals surface area contributed by atoms with E-state index in [1.54, 1.807) is 19.1 Å². The minimum Gasteiger partial charge on any atom is -0.406 e. The summed E-state index contributed by atoms with van der Waals surface area (Å²) in [6.45, 7) is -0.315. The van der Waals surface area contributed by atoms with E-state index in [2.05, 4.69) is 25.1 Å². The Morgan fingerprint density at radius 3 is 2.49 bits per heavy atom. The van der Waals surface area contributed by atoms with Crippen molar-refractivity contribution in [3.63, 3.8) is 0 Å². The van der Waals surface area contributed by atoms with Gasteiger partial charge < -0.3 is 14.8 Å². The second kappa shape index (κ2) is 13.4. The van der Waals surface area contributed by atoms with Crippen molar-refractivity contribution < 1.29 is 49.8 Å². The third-order valence-electron chi connectivity index (χ3n) is 6.40. The van der Waals surface area contributed by atoms with E-state index in [1.165, 1.54) is 41.3 Å². The van der Waals surface area contributed by atoms with E-state index in [0.29, 0.717) is 16.8 Å². The van der Waals surface area contributed by atoms with Crippen LogP contribution in [0.4, 0.5) is 46.9 Å². The van der Waals surface area contributed by atoms with Crippen molar-refractivity contribution in [1.29, 1.82) is 0 Å². The van der Waals surface area contributed by atoms with Crippen molar-refractivity contribution in [2.24, 2.45) is 4.99 Å². The number of carbonyl (C=O) groups excluding carboxylic acids is 2. The van der Waals surface area contributed by atoms with E-state index in [0.717, 1.165) is 34.9 Å². The summed E-state index contributed by atoms with van der Waals surface area (Å²) < 4.78 is 100. The SMILES string of the molecule is Cc1cccc(N2C(=O)CS/C2=N\C(=O)Nc2ccc(-c3ncn(-c4ccc(OC(F)(F)F)cc4)n3)cc2F)c1COCC(F)(F)F. The molecule has 3 amide bonds. The lowest BCUT2D eigenvalue weighted by molar-refractivity contribution is -0.274. The molecule has 246 valence electrons. The fraction of sp³-hybridized carbons (Fsp3) is 0.207. The summed E-state index contributed by atoms with van der Waals surface area (Å²) >= 11 is 0.918. The molecule has 2 heterocycles. The summed E-state index contributed by atoms with van der Waals surface area (Å²) in [7, 11) is 0. The van der Waals surface area contributed by atoms with E-state index < -0.39 is 49.3 Å². The van der Waals surface area contributed by atoms with Crippen LogP contribution >= 0.6 is 11.8 Å². The minimum absolute atomic E-state index is 0.0695. The lowest BCUT2D eigenvalue weighted by Crippen LogP contribution is -2.31. The second-order valence-electron chi connectivity index (χ2n) is 9.77. The van der Waals surface area contributed by atoms with Crippen molar-refractivity contribution in [2.75, 3.05) is 22.6 Å². The predicted molar refractivity (Wildman–Crippen MR) is 157 cm³/mol. The number of amidine groups is 1. The molecule has 1 aliphatic heterocycles. The molecule has 18 heteroatoms. The van der Waals surface area contributed by atoms with E-state index in [9.17, 15) is 35.9 Å². The summed E-state index contributed by atoms with van der Waals surface area (Å²) in [5.41, 5.74) is 1.34. The summed E-state index contributed by atoms with van der Waals surface area (Å²) in [5, 5.41) is 6.43. The predicted octanol–water partition coefficient (Wildman–Crippen LogP) is 7.03. The molecule has 1 aliphatic rings. The number of carbonyl (C=O) groups is 2. The fourth-order valence-corrected chi connectivity index (χ4v) is 5.20. The molecule has 1 N–H and O–H groups in total. The number of hydrogen-bond donors (Lipinski definition) is 1. The Morgan fingerprint density at radius 2 is 1.81 bits per heavy atom. The van der Waals surface area contributed by atoms with Crippen molar-refractivity contribution >= 4 is 40.2 Å². The van der Waals surface area contributed by atoms with E-state index in [4.69, 9.17) is 4.74 Å². The van der Waals surface area contributed by atoms with Crippen molar-refractivity contribution in [2.45, 2.75) is 26.1 Å². The van der Waals surface area contributed by atoms with Crippen molar-refractivity contribution in [3.05, 3.63) is 83.9 Å². The van der Waals surface area contributed by atoms with Gasteiger partial charge in [-0.05, 0) is 61.0 Å². The van der Waals surface area contributed by atoms with Gasteiger partial charge in [-0.15, -0.1) is 18.3 Å². The third-order valence-corrected chi connectivity index (χ3v) is 7.32. The van der Waals surface area contributed by atoms with Crippen LogP contribution in [0.25, 0.3) is 17.1 Å². The Hall–Kier alpha value is -4.97. The Balaban J connectivity index is 1.29. The van der Waals surface area contributed by atoms with Crippen LogP contribution in [0.15, 0.2) is 72.0 Å². The molecular formula is C29H21F7N6O4S. The summed E-state index contributed by atoms with van der Waals surface area (Å²) in [6.07, 6.45) is -8.12. The van der Waals surface area contributed by atoms with E-state index >= 15 is 4.39 Å². The number of nitrogens with one attached hydrogen (secondary N) is 1. The smallest absolute Gasteiger partial charge is 0.406 e. The van der Waals surface area contributed by atoms with E-state index in [-0.39, 0.29) is 33.7 Å². The van der Waals surface area contributed by atoms with Gasteiger partial charge in [0.15, 0.2) is 11.0 Å². The number of hydrogen-bond acceptors (Lipinski definition) is 7. The number of alkyl halides is 6. The van der Waals surface area contributed by atoms with Crippen LogP contribution in [0.5, 0.6) is 5.75 Å². The molecule has 0 spiro atoms. The molecule has 4 aromatic rings. The average molecular weight is 683 g/mol. The molecule has 0 bridgehead atoms. The first-order chi connectivity index (χ1) is 22.2. The molecule has 10 nitrogen and oxygen atoms in total. The number of thioether (sulfide) groups is 1. The van der Waals surface area contributed by atoms with Gasteiger partial charge >= 0.3 is 18.6 Å². The molecular weight excluding hydrogens is 661 g/mol. The van der Waals surface area contributed by atoms with Gasteiger partial charge in [0, 0.05) is 11.1 Å². The maximum Gasteiger partial charge on any atom is 0.573 e. The number of amides is 3. The molecule has 0 unspecified atom stereocenters. The summed E-state index contributed by atoms with van der Waals surface area (Å²) in [4.78, 5) is 34.6. The molecule has 0 aliphatic carbocycles. The topological polar surface area (TPSA) is 111 Å². The molecule has 1 fully saturated rings. The number of urea groups is 1. The summed E-state index contributed by atoms with van der Waals surface area (Å²) in [5.74, 6) is -1.81. The molecule has 0 radical (unpaired) electrons. The molecule has 1 saturated heterocycles. The highest BCUT2D eigenvalue weighted by atomic mass is 32.2. The standard InChI is InChI=1S/C29H21F7N6O4S/c1-16-3-2-4-23(20(16)12-45-14-28(31,32)33)42-24(43)13-47-27(42)39-26(44)38-22-10-5-17(11-21(22)30)25-37-15-41(40-25)18-6-8-19(9-7-18)46-29(34,35)36/h2-11,15H,12-14H2,1H3,(H,38,44)/b39-27-. The van der Waals surface area contributed by atoms with Gasteiger partial charge in [-0.1, -0.05) is 23.9 Å². The van der Waals surface area contributed by atoms with Gasteiger partial charge in [-0.3, -0.25) is 9.69 Å². The Labute approximate surface area is 265 Å². The first-order valence-electron chi connectivity index (χ1n) is 13.3. The Morgan fingerprint density at radius 1 is 1.06 bits per heavy atom. The molecule has 47 heavy (non-hydrogen) atoms. The number of halogens is 7. The number of anilines is 2. The Bertz CT molecular complexity index is 1830. The number of nitrogens with zero attached hydrogens (tertiary/aromatic N) is 5. The largest absolute Gasteiger partial charge is 0.573 e. The van der Waals surface area contributed by atoms with Gasteiger partial charge in [0.25, 0.3) is 0 Å². The molecule has 0 saturated carbocycles. The summed E-state index contributed by atoms with van der Waals surface area (Å²) in [6, 6.07) is 12.2. The fourth-order valence-electron chi connectivity index (χ4n) is 4.34. The number of aromatic nitrogens is 3. The van der Waals surface area contributed by atoms with E-state index in [1.807, 2.05) is 0 Å². The van der Waals surface area contributed by atoms with Crippen LogP contribution in [0.1, 0.15) is 11.1 Å². The number of ether oxygens (including phenoxy) is 2. The highest BCUT2D eigenvalue weighted by molar-refractivity contribution is 8.15.